The molecule has 6 nitrogen and oxygen atoms in total. The smallest absolute Gasteiger partial charge is 0.387 e. The first-order valence-corrected chi connectivity index (χ1v) is 9.46. The molecule has 0 N–H and O–H groups in total. The van der Waals surface area contributed by atoms with Crippen molar-refractivity contribution >= 4 is 23.6 Å². The van der Waals surface area contributed by atoms with Crippen LogP contribution in [0.3, 0.4) is 0 Å². The lowest BCUT2D eigenvalue weighted by Gasteiger charge is -2.35. The second-order valence-electron chi connectivity index (χ2n) is 6.69. The molecule has 1 saturated heterocycles. The third kappa shape index (κ3) is 6.04. The first-order valence-electron chi connectivity index (χ1n) is 9.46. The maximum absolute atomic E-state index is 12.1. The van der Waals surface area contributed by atoms with Crippen LogP contribution in [0.15, 0.2) is 54.6 Å². The van der Waals surface area contributed by atoms with Crippen LogP contribution < -0.4 is 14.4 Å². The molecule has 1 aliphatic rings. The molecule has 30 heavy (non-hydrogen) atoms. The molecule has 0 atom stereocenters. The monoisotopic (exact) mass is 416 g/mol. The van der Waals surface area contributed by atoms with Gasteiger partial charge in [-0.1, -0.05) is 12.1 Å². The summed E-state index contributed by atoms with van der Waals surface area (Å²) in [5.41, 5.74) is 1.65. The Kier molecular flexibility index (Phi) is 7.00. The number of benzene rings is 2. The summed E-state index contributed by atoms with van der Waals surface area (Å²) in [6.07, 6.45) is 2.79. The molecule has 0 saturated carbocycles. The van der Waals surface area contributed by atoms with Gasteiger partial charge in [0.1, 0.15) is 11.5 Å². The fourth-order valence-corrected chi connectivity index (χ4v) is 3.08. The van der Waals surface area contributed by atoms with E-state index >= 15 is 0 Å². The fourth-order valence-electron chi connectivity index (χ4n) is 3.08. The van der Waals surface area contributed by atoms with Gasteiger partial charge in [-0.05, 0) is 48.0 Å². The van der Waals surface area contributed by atoms with Crippen LogP contribution in [0.1, 0.15) is 12.5 Å². The quantitative estimate of drug-likeness (QED) is 0.409. The van der Waals surface area contributed by atoms with E-state index in [4.69, 9.17) is 4.74 Å². The second-order valence-corrected chi connectivity index (χ2v) is 6.69. The van der Waals surface area contributed by atoms with Crippen molar-refractivity contribution in [3.63, 3.8) is 0 Å². The highest BCUT2D eigenvalue weighted by Gasteiger charge is 2.18. The van der Waals surface area contributed by atoms with Crippen molar-refractivity contribution in [3.05, 3.63) is 60.2 Å². The molecule has 158 valence electrons. The number of amides is 1. The number of hydrogen-bond donors (Lipinski definition) is 0. The number of ether oxygens (including phenoxy) is 2. The second kappa shape index (κ2) is 9.87. The van der Waals surface area contributed by atoms with Gasteiger partial charge >= 0.3 is 12.6 Å². The largest absolute Gasteiger partial charge is 0.435 e. The van der Waals surface area contributed by atoms with Gasteiger partial charge in [-0.15, -0.1) is 0 Å². The van der Waals surface area contributed by atoms with E-state index in [2.05, 4.69) is 9.64 Å². The number of esters is 1. The van der Waals surface area contributed by atoms with E-state index in [9.17, 15) is 18.4 Å². The van der Waals surface area contributed by atoms with Crippen LogP contribution in [0.25, 0.3) is 6.08 Å². The van der Waals surface area contributed by atoms with Crippen molar-refractivity contribution in [2.24, 2.45) is 0 Å². The Labute approximate surface area is 173 Å². The zero-order valence-corrected chi connectivity index (χ0v) is 16.5. The number of halogens is 2. The Morgan fingerprint density at radius 1 is 0.933 bits per heavy atom. The summed E-state index contributed by atoms with van der Waals surface area (Å²) in [5, 5.41) is 0. The number of carbonyl (C=O) groups excluding carboxylic acids is 2. The Bertz CT molecular complexity index is 890. The van der Waals surface area contributed by atoms with Gasteiger partial charge in [-0.3, -0.25) is 4.79 Å². The predicted molar refractivity (Wildman–Crippen MR) is 109 cm³/mol. The van der Waals surface area contributed by atoms with Crippen LogP contribution in [0.2, 0.25) is 0 Å². The van der Waals surface area contributed by atoms with Gasteiger partial charge < -0.3 is 19.3 Å². The zero-order valence-electron chi connectivity index (χ0n) is 16.5. The molecule has 0 unspecified atom stereocenters. The van der Waals surface area contributed by atoms with Gasteiger partial charge in [0.25, 0.3) is 0 Å². The van der Waals surface area contributed by atoms with Gasteiger partial charge in [0.2, 0.25) is 5.91 Å². The molecule has 1 aliphatic heterocycles. The van der Waals surface area contributed by atoms with E-state index in [1.165, 1.54) is 24.3 Å². The molecule has 2 aromatic rings. The molecule has 0 radical (unpaired) electrons. The third-order valence-corrected chi connectivity index (χ3v) is 4.66. The minimum atomic E-state index is -2.88. The summed E-state index contributed by atoms with van der Waals surface area (Å²) < 4.78 is 33.8. The summed E-state index contributed by atoms with van der Waals surface area (Å²) in [4.78, 5) is 27.4. The number of hydrogen-bond acceptors (Lipinski definition) is 5. The Morgan fingerprint density at radius 3 is 2.10 bits per heavy atom. The number of anilines is 1. The van der Waals surface area contributed by atoms with Gasteiger partial charge in [-0.25, -0.2) is 4.79 Å². The number of piperazine rings is 1. The molecular formula is C22H22F2N2O4. The van der Waals surface area contributed by atoms with Crippen LogP contribution in [-0.2, 0) is 9.59 Å². The molecule has 0 bridgehead atoms. The lowest BCUT2D eigenvalue weighted by Crippen LogP contribution is -2.48. The summed E-state index contributed by atoms with van der Waals surface area (Å²) in [7, 11) is 0. The summed E-state index contributed by atoms with van der Waals surface area (Å²) in [6.45, 7) is 1.57. The van der Waals surface area contributed by atoms with Crippen molar-refractivity contribution in [2.75, 3.05) is 31.1 Å². The van der Waals surface area contributed by atoms with Crippen LogP contribution >= 0.6 is 0 Å². The first kappa shape index (κ1) is 21.3. The van der Waals surface area contributed by atoms with Crippen molar-refractivity contribution in [1.29, 1.82) is 0 Å². The van der Waals surface area contributed by atoms with Gasteiger partial charge in [-0.2, -0.15) is 8.78 Å². The normalized spacial score (nSPS) is 14.3. The highest BCUT2D eigenvalue weighted by molar-refractivity contribution is 5.88. The molecular weight excluding hydrogens is 394 g/mol. The van der Waals surface area contributed by atoms with E-state index in [-0.39, 0.29) is 11.7 Å². The standard InChI is InChI=1S/C22H22F2N2O4/c1-16(27)25-12-14-26(15-13-25)18-5-9-19(10-6-18)29-21(28)11-4-17-2-7-20(8-3-17)30-22(23)24/h2-11,22H,12-15H2,1H3/b11-4+. The van der Waals surface area contributed by atoms with Crippen molar-refractivity contribution < 1.29 is 27.8 Å². The first-order chi connectivity index (χ1) is 14.4. The number of nitrogens with zero attached hydrogens (tertiary/aromatic N) is 2. The highest BCUT2D eigenvalue weighted by atomic mass is 19.3. The fraction of sp³-hybridized carbons (Fsp3) is 0.273. The maximum Gasteiger partial charge on any atom is 0.387 e. The minimum absolute atomic E-state index is 0.0486. The number of alkyl halides is 2. The van der Waals surface area contributed by atoms with E-state index < -0.39 is 12.6 Å². The van der Waals surface area contributed by atoms with Crippen LogP contribution in [0.4, 0.5) is 14.5 Å². The predicted octanol–water partition coefficient (Wildman–Crippen LogP) is 3.58. The van der Waals surface area contributed by atoms with Crippen molar-refractivity contribution in [2.45, 2.75) is 13.5 Å². The highest BCUT2D eigenvalue weighted by Crippen LogP contribution is 2.21. The molecule has 8 heteroatoms. The molecule has 0 aliphatic carbocycles. The van der Waals surface area contributed by atoms with Gasteiger partial charge in [0.05, 0.1) is 0 Å². The molecule has 0 spiro atoms. The summed E-state index contributed by atoms with van der Waals surface area (Å²) in [6, 6.07) is 13.1. The molecule has 2 aromatic carbocycles. The number of rotatable bonds is 6. The minimum Gasteiger partial charge on any atom is -0.435 e. The third-order valence-electron chi connectivity index (χ3n) is 4.66. The molecule has 3 rings (SSSR count). The average Bonchev–Trinajstić information content (AvgIpc) is 2.73. The van der Waals surface area contributed by atoms with Crippen LogP contribution in [0, 0.1) is 0 Å². The van der Waals surface area contributed by atoms with E-state index in [1.807, 2.05) is 17.0 Å². The van der Waals surface area contributed by atoms with Gasteiger partial charge in [0, 0.05) is 44.9 Å². The van der Waals surface area contributed by atoms with Gasteiger partial charge in [0.15, 0.2) is 0 Å². The van der Waals surface area contributed by atoms with Crippen LogP contribution in [-0.4, -0.2) is 49.6 Å². The zero-order chi connectivity index (χ0) is 21.5. The summed E-state index contributed by atoms with van der Waals surface area (Å²) >= 11 is 0. The average molecular weight is 416 g/mol. The summed E-state index contributed by atoms with van der Waals surface area (Å²) in [5.74, 6) is -0.00268. The lowest BCUT2D eigenvalue weighted by molar-refractivity contribution is -0.129. The Balaban J connectivity index is 1.51. The maximum atomic E-state index is 12.1. The lowest BCUT2D eigenvalue weighted by atomic mass is 10.2. The molecule has 1 fully saturated rings. The topological polar surface area (TPSA) is 59.1 Å². The van der Waals surface area contributed by atoms with E-state index in [0.717, 1.165) is 18.8 Å². The molecule has 1 amide bonds. The van der Waals surface area contributed by atoms with E-state index in [1.54, 1.807) is 31.2 Å². The Morgan fingerprint density at radius 2 is 1.53 bits per heavy atom. The van der Waals surface area contributed by atoms with Crippen LogP contribution in [0.5, 0.6) is 11.5 Å². The molecule has 0 aromatic heterocycles. The number of carbonyl (C=O) groups is 2. The SMILES string of the molecule is CC(=O)N1CCN(c2ccc(OC(=O)/C=C/c3ccc(OC(F)F)cc3)cc2)CC1. The van der Waals surface area contributed by atoms with Crippen molar-refractivity contribution in [1.82, 2.24) is 4.90 Å². The van der Waals surface area contributed by atoms with Crippen molar-refractivity contribution in [3.8, 4) is 11.5 Å². The van der Waals surface area contributed by atoms with E-state index in [0.29, 0.717) is 24.4 Å². The Hall–Kier alpha value is -3.42. The molecule has 1 heterocycles.